The summed E-state index contributed by atoms with van der Waals surface area (Å²) >= 11 is 0. The first-order valence-electron chi connectivity index (χ1n) is 4.32. The molecule has 3 amide bonds. The lowest BCUT2D eigenvalue weighted by Gasteiger charge is -2.20. The highest BCUT2D eigenvalue weighted by atomic mass is 16.2. The van der Waals surface area contributed by atoms with Crippen molar-refractivity contribution < 1.29 is 9.59 Å². The van der Waals surface area contributed by atoms with E-state index in [0.29, 0.717) is 13.1 Å². The van der Waals surface area contributed by atoms with E-state index in [1.807, 2.05) is 13.8 Å². The van der Waals surface area contributed by atoms with Gasteiger partial charge in [0, 0.05) is 19.1 Å². The van der Waals surface area contributed by atoms with Crippen LogP contribution < -0.4 is 0 Å². The molecule has 0 bridgehead atoms. The van der Waals surface area contributed by atoms with E-state index in [2.05, 4.69) is 6.58 Å². The molecule has 1 aliphatic heterocycles. The second-order valence-electron chi connectivity index (χ2n) is 3.26. The largest absolute Gasteiger partial charge is 0.327 e. The Kier molecular flexibility index (Phi) is 2.70. The van der Waals surface area contributed by atoms with E-state index >= 15 is 0 Å². The maximum atomic E-state index is 11.5. The number of hydrogen-bond acceptors (Lipinski definition) is 2. The number of rotatable bonds is 2. The van der Waals surface area contributed by atoms with Crippen molar-refractivity contribution >= 4 is 11.9 Å². The summed E-state index contributed by atoms with van der Waals surface area (Å²) in [7, 11) is 0. The molecule has 0 aliphatic carbocycles. The number of hydrogen-bond donors (Lipinski definition) is 0. The first kappa shape index (κ1) is 9.77. The van der Waals surface area contributed by atoms with Gasteiger partial charge in [-0.15, -0.1) is 0 Å². The van der Waals surface area contributed by atoms with E-state index in [4.69, 9.17) is 0 Å². The minimum atomic E-state index is -0.312. The average Bonchev–Trinajstić information content (AvgIpc) is 2.46. The van der Waals surface area contributed by atoms with Gasteiger partial charge in [0.25, 0.3) is 5.91 Å². The summed E-state index contributed by atoms with van der Waals surface area (Å²) in [5.74, 6) is -0.312. The van der Waals surface area contributed by atoms with E-state index < -0.39 is 0 Å². The van der Waals surface area contributed by atoms with Crippen molar-refractivity contribution in [3.8, 4) is 0 Å². The second kappa shape index (κ2) is 3.60. The van der Waals surface area contributed by atoms with Crippen molar-refractivity contribution in [2.24, 2.45) is 0 Å². The molecule has 1 rings (SSSR count). The van der Waals surface area contributed by atoms with Crippen LogP contribution in [0.1, 0.15) is 13.8 Å². The molecule has 0 N–H and O–H groups in total. The lowest BCUT2D eigenvalue weighted by molar-refractivity contribution is -0.122. The summed E-state index contributed by atoms with van der Waals surface area (Å²) in [6.07, 6.45) is 1.17. The molecule has 4 nitrogen and oxygen atoms in total. The van der Waals surface area contributed by atoms with Gasteiger partial charge in [-0.25, -0.2) is 4.79 Å². The summed E-state index contributed by atoms with van der Waals surface area (Å²) in [6.45, 7) is 8.30. The number of nitrogens with zero attached hydrogens (tertiary/aromatic N) is 2. The fourth-order valence-corrected chi connectivity index (χ4v) is 1.35. The van der Waals surface area contributed by atoms with Crippen LogP contribution in [0.5, 0.6) is 0 Å². The zero-order valence-corrected chi connectivity index (χ0v) is 7.99. The van der Waals surface area contributed by atoms with Crippen molar-refractivity contribution in [3.63, 3.8) is 0 Å². The Labute approximate surface area is 77.8 Å². The second-order valence-corrected chi connectivity index (χ2v) is 3.26. The van der Waals surface area contributed by atoms with Crippen LogP contribution in [-0.4, -0.2) is 40.9 Å². The van der Waals surface area contributed by atoms with E-state index in [1.54, 1.807) is 4.90 Å². The Bertz CT molecular complexity index is 248. The van der Waals surface area contributed by atoms with Crippen LogP contribution in [0.2, 0.25) is 0 Å². The van der Waals surface area contributed by atoms with Crippen molar-refractivity contribution in [2.75, 3.05) is 13.1 Å². The third kappa shape index (κ3) is 1.71. The first-order valence-corrected chi connectivity index (χ1v) is 4.32. The fourth-order valence-electron chi connectivity index (χ4n) is 1.35. The standard InChI is InChI=1S/C9H14N2O2/c1-4-8(12)11-6-5-10(7(2)3)9(11)13/h4,7H,1,5-6H2,2-3H3. The molecule has 4 heteroatoms. The molecule has 0 atom stereocenters. The molecule has 0 saturated carbocycles. The summed E-state index contributed by atoms with van der Waals surface area (Å²) in [5.41, 5.74) is 0. The van der Waals surface area contributed by atoms with E-state index in [0.717, 1.165) is 0 Å². The maximum absolute atomic E-state index is 11.5. The normalized spacial score (nSPS) is 17.0. The minimum absolute atomic E-state index is 0.148. The van der Waals surface area contributed by atoms with Crippen LogP contribution in [0.15, 0.2) is 12.7 Å². The lowest BCUT2D eigenvalue weighted by atomic mass is 10.3. The number of imide groups is 1. The molecule has 0 aromatic rings. The molecular formula is C9H14N2O2. The molecule has 0 aromatic carbocycles. The zero-order chi connectivity index (χ0) is 10.0. The molecule has 0 unspecified atom stereocenters. The van der Waals surface area contributed by atoms with Gasteiger partial charge < -0.3 is 4.90 Å². The van der Waals surface area contributed by atoms with Gasteiger partial charge in [0.2, 0.25) is 0 Å². The molecule has 1 heterocycles. The van der Waals surface area contributed by atoms with E-state index in [1.165, 1.54) is 11.0 Å². The fraction of sp³-hybridized carbons (Fsp3) is 0.556. The van der Waals surface area contributed by atoms with Gasteiger partial charge in [0.15, 0.2) is 0 Å². The zero-order valence-electron chi connectivity index (χ0n) is 7.99. The monoisotopic (exact) mass is 182 g/mol. The Balaban J connectivity index is 2.70. The quantitative estimate of drug-likeness (QED) is 0.594. The number of carbonyl (C=O) groups is 2. The van der Waals surface area contributed by atoms with Crippen molar-refractivity contribution in [1.29, 1.82) is 0 Å². The highest BCUT2D eigenvalue weighted by Crippen LogP contribution is 2.12. The van der Waals surface area contributed by atoms with Crippen LogP contribution in [-0.2, 0) is 4.79 Å². The smallest absolute Gasteiger partial charge is 0.320 e. The summed E-state index contributed by atoms with van der Waals surface area (Å²) in [6, 6.07) is -0.0602. The lowest BCUT2D eigenvalue weighted by Crippen LogP contribution is -2.38. The van der Waals surface area contributed by atoms with Crippen LogP contribution in [0.4, 0.5) is 4.79 Å². The van der Waals surface area contributed by atoms with Gasteiger partial charge in [-0.1, -0.05) is 6.58 Å². The number of carbonyl (C=O) groups excluding carboxylic acids is 2. The maximum Gasteiger partial charge on any atom is 0.327 e. The molecule has 1 aliphatic rings. The molecule has 1 saturated heterocycles. The van der Waals surface area contributed by atoms with Crippen LogP contribution in [0, 0.1) is 0 Å². The van der Waals surface area contributed by atoms with Gasteiger partial charge in [0.1, 0.15) is 0 Å². The number of amides is 3. The SMILES string of the molecule is C=CC(=O)N1CCN(C(C)C)C1=O. The van der Waals surface area contributed by atoms with Crippen LogP contribution in [0.25, 0.3) is 0 Å². The summed E-state index contributed by atoms with van der Waals surface area (Å²) < 4.78 is 0. The molecule has 0 spiro atoms. The van der Waals surface area contributed by atoms with Crippen molar-refractivity contribution in [3.05, 3.63) is 12.7 Å². The third-order valence-electron chi connectivity index (χ3n) is 2.11. The molecular weight excluding hydrogens is 168 g/mol. The highest BCUT2D eigenvalue weighted by molar-refractivity contribution is 6.01. The Hall–Kier alpha value is -1.32. The van der Waals surface area contributed by atoms with Crippen LogP contribution >= 0.6 is 0 Å². The topological polar surface area (TPSA) is 40.6 Å². The molecule has 0 radical (unpaired) electrons. The van der Waals surface area contributed by atoms with Gasteiger partial charge >= 0.3 is 6.03 Å². The predicted octanol–water partition coefficient (Wildman–Crippen LogP) is 0.845. The van der Waals surface area contributed by atoms with E-state index in [-0.39, 0.29) is 18.0 Å². The van der Waals surface area contributed by atoms with Gasteiger partial charge in [-0.3, -0.25) is 9.69 Å². The first-order chi connectivity index (χ1) is 6.07. The minimum Gasteiger partial charge on any atom is -0.320 e. The predicted molar refractivity (Wildman–Crippen MR) is 49.1 cm³/mol. The van der Waals surface area contributed by atoms with Crippen molar-refractivity contribution in [2.45, 2.75) is 19.9 Å². The Morgan fingerprint density at radius 1 is 1.54 bits per heavy atom. The Morgan fingerprint density at radius 3 is 2.54 bits per heavy atom. The van der Waals surface area contributed by atoms with Gasteiger partial charge in [-0.2, -0.15) is 0 Å². The summed E-state index contributed by atoms with van der Waals surface area (Å²) in [4.78, 5) is 25.6. The van der Waals surface area contributed by atoms with E-state index in [9.17, 15) is 9.59 Å². The highest BCUT2D eigenvalue weighted by Gasteiger charge is 2.32. The molecule has 72 valence electrons. The average molecular weight is 182 g/mol. The molecule has 1 fully saturated rings. The third-order valence-corrected chi connectivity index (χ3v) is 2.11. The van der Waals surface area contributed by atoms with Gasteiger partial charge in [0.05, 0.1) is 0 Å². The van der Waals surface area contributed by atoms with Crippen molar-refractivity contribution in [1.82, 2.24) is 9.80 Å². The molecule has 0 aromatic heterocycles. The number of urea groups is 1. The van der Waals surface area contributed by atoms with Gasteiger partial charge in [-0.05, 0) is 19.9 Å². The van der Waals surface area contributed by atoms with Crippen LogP contribution in [0.3, 0.4) is 0 Å². The molecule has 13 heavy (non-hydrogen) atoms. The Morgan fingerprint density at radius 2 is 2.15 bits per heavy atom. The summed E-state index contributed by atoms with van der Waals surface area (Å²) in [5, 5.41) is 0.